The number of amides is 1. The van der Waals surface area contributed by atoms with Gasteiger partial charge in [-0.1, -0.05) is 62.3 Å². The van der Waals surface area contributed by atoms with Crippen LogP contribution in [0.4, 0.5) is 52.7 Å². The summed E-state index contributed by atoms with van der Waals surface area (Å²) < 4.78 is 202. The predicted octanol–water partition coefficient (Wildman–Crippen LogP) is 16.0. The van der Waals surface area contributed by atoms with E-state index in [9.17, 15) is 66.5 Å². The number of primary amides is 1. The number of hydrogen-bond acceptors (Lipinski definition) is 12. The van der Waals surface area contributed by atoms with Crippen LogP contribution >= 0.6 is 0 Å². The molecule has 14 nitrogen and oxygen atoms in total. The number of carbonyl (C=O) groups is 2. The quantitative estimate of drug-likeness (QED) is 0.0325. The second-order valence-corrected chi connectivity index (χ2v) is 36.0. The summed E-state index contributed by atoms with van der Waals surface area (Å²) >= 11 is 0. The maximum atomic E-state index is 14.8. The van der Waals surface area contributed by atoms with Gasteiger partial charge in [-0.15, -0.1) is 0 Å². The van der Waals surface area contributed by atoms with Crippen molar-refractivity contribution in [3.05, 3.63) is 118 Å². The molecule has 0 unspecified atom stereocenters. The molecule has 0 bridgehead atoms. The molecular weight excluding hydrogens is 1340 g/mol. The monoisotopic (exact) mass is 1440 g/mol. The van der Waals surface area contributed by atoms with Crippen molar-refractivity contribution in [3.8, 4) is 23.0 Å². The van der Waals surface area contributed by atoms with Gasteiger partial charge in [0.05, 0.1) is 10.5 Å². The molecule has 5 rings (SSSR count). The molecule has 0 aliphatic carbocycles. The van der Waals surface area contributed by atoms with Crippen molar-refractivity contribution >= 4 is 45.0 Å². The normalized spacial score (nSPS) is 13.0. The van der Waals surface area contributed by atoms with Crippen molar-refractivity contribution in [2.24, 2.45) is 15.5 Å². The van der Waals surface area contributed by atoms with E-state index in [0.717, 1.165) is 55.7 Å². The largest absolute Gasteiger partial charge is 0.542 e. The Hall–Kier alpha value is -4.85. The Labute approximate surface area is 560 Å². The Balaban J connectivity index is -0.000000628. The molecule has 0 spiro atoms. The number of nitrogens with zero attached hydrogens (tertiary/aromatic N) is 1. The smallest absolute Gasteiger partial charge is 0.461 e. The molecule has 1 atom stereocenters. The van der Waals surface area contributed by atoms with Crippen molar-refractivity contribution in [1.82, 2.24) is 0 Å². The van der Waals surface area contributed by atoms with E-state index in [1.165, 1.54) is 25.0 Å². The third-order valence-electron chi connectivity index (χ3n) is 12.3. The van der Waals surface area contributed by atoms with Crippen molar-refractivity contribution in [2.75, 3.05) is 39.6 Å². The summed E-state index contributed by atoms with van der Waals surface area (Å²) in [7, 11) is -6.88. The molecule has 1 amide bonds. The fourth-order valence-electron chi connectivity index (χ4n) is 5.39. The number of rotatable bonds is 15. The summed E-state index contributed by atoms with van der Waals surface area (Å²) in [6.45, 7) is 39.2. The third kappa shape index (κ3) is 36.2. The topological polar surface area (TPSA) is 217 Å². The second-order valence-electron chi connectivity index (χ2n) is 24.6. The first-order valence-corrected chi connectivity index (χ1v) is 35.9. The molecule has 0 saturated carbocycles. The standard InChI is InChI=1S/C25H31F6NO3SSi.C21H22F6O3Si.C5H11NO.C4H8O.4C2H6O.Ti/c1-23(2,3)36(33)32-21(16-11-17(26)14-18(12-16)34-25(30,31)22(28)29)15-9-10-19(27)20(13-15)35-37(7,8)24(4,5)6;1-20(2,3)31(4,5)30-17-10-12(6-7-16(17)23)18(28)13-8-14(22)11-15(9-13)29-21(26,27)19(24)25;1-5(2,3)4(6)7;1-2-4-5-3-1;4*1-2-3;/h9-14,22H,1-8H3;6-11,19H,1-5H3;1-3H3,(H2,6,7);1-4H2;4*3H,2H2,1H3;/t36-;;;;;;;;/m1......../s1. The molecule has 93 heavy (non-hydrogen) atoms. The van der Waals surface area contributed by atoms with Crippen molar-refractivity contribution in [1.29, 1.82) is 0 Å². The van der Waals surface area contributed by atoms with Gasteiger partial charge in [-0.25, -0.2) is 21.8 Å². The molecule has 4 aromatic carbocycles. The van der Waals surface area contributed by atoms with E-state index in [4.69, 9.17) is 39.7 Å². The Morgan fingerprint density at radius 3 is 1.16 bits per heavy atom. The maximum absolute atomic E-state index is 14.8. The summed E-state index contributed by atoms with van der Waals surface area (Å²) in [6.07, 6.45) is -15.5. The van der Waals surface area contributed by atoms with Crippen LogP contribution in [-0.2, 0) is 42.2 Å². The van der Waals surface area contributed by atoms with Crippen LogP contribution in [0.1, 0.15) is 151 Å². The van der Waals surface area contributed by atoms with Crippen LogP contribution in [0.3, 0.4) is 0 Å². The molecule has 532 valence electrons. The minimum absolute atomic E-state index is 0. The van der Waals surface area contributed by atoms with Gasteiger partial charge in [0.15, 0.2) is 17.4 Å². The summed E-state index contributed by atoms with van der Waals surface area (Å²) in [5.74, 6) is -6.87. The zero-order chi connectivity index (χ0) is 72.8. The predicted molar refractivity (Wildman–Crippen MR) is 341 cm³/mol. The molecular formula is C63H96F12N2O12SSi2Ti. The summed E-state index contributed by atoms with van der Waals surface area (Å²) in [6, 6.07) is 11.1. The molecule has 1 aliphatic heterocycles. The summed E-state index contributed by atoms with van der Waals surface area (Å²) in [5.41, 5.74) is 3.82. The molecule has 0 radical (unpaired) electrons. The Bertz CT molecular complexity index is 2890. The van der Waals surface area contributed by atoms with Crippen LogP contribution < -0.4 is 24.1 Å². The Kier molecular flexibility index (Phi) is 43.4. The number of benzene rings is 4. The number of alkyl halides is 8. The van der Waals surface area contributed by atoms with E-state index in [2.05, 4.69) is 13.9 Å². The zero-order valence-corrected chi connectivity index (χ0v) is 61.1. The molecule has 4 aromatic rings. The van der Waals surface area contributed by atoms with E-state index in [0.29, 0.717) is 18.2 Å². The SMILES string of the molecule is C1CCOC1.CC(C)(C)C(N)=O.CC(C)(C)[S@@](=O)N=C(c1cc(F)cc(OC(F)(F)C(F)F)c1)c1ccc(F)c(O[Si](C)(C)C(C)(C)C)c1.CC(C)(C)[Si](C)(C)Oc1cc(C(=O)c2cc(F)cc(OC(F)(F)C(F)F)c2)ccc1F.CCO.CCO.CCO.CCO.[Ti]. The number of carbonyl (C=O) groups excluding carboxylic acids is 2. The van der Waals surface area contributed by atoms with Crippen LogP contribution in [0.25, 0.3) is 0 Å². The van der Waals surface area contributed by atoms with Gasteiger partial charge in [-0.2, -0.15) is 39.5 Å². The van der Waals surface area contributed by atoms with E-state index in [1.807, 2.05) is 67.7 Å². The fraction of sp³-hybridized carbons (Fsp3) is 0.571. The molecule has 30 heteroatoms. The average molecular weight is 1440 g/mol. The van der Waals surface area contributed by atoms with Crippen LogP contribution in [0.5, 0.6) is 23.0 Å². The van der Waals surface area contributed by atoms with Gasteiger partial charge in [0.25, 0.3) is 16.6 Å². The number of aliphatic hydroxyl groups excluding tert-OH is 4. The van der Waals surface area contributed by atoms with Crippen molar-refractivity contribution in [2.45, 2.75) is 190 Å². The van der Waals surface area contributed by atoms with Gasteiger partial charge in [0.1, 0.15) is 45.6 Å². The molecule has 0 aromatic heterocycles. The molecule has 1 aliphatic rings. The second kappa shape index (κ2) is 42.6. The van der Waals surface area contributed by atoms with Crippen LogP contribution in [0.15, 0.2) is 77.2 Å². The van der Waals surface area contributed by atoms with Gasteiger partial charge >= 0.3 is 25.1 Å². The van der Waals surface area contributed by atoms with Gasteiger partial charge in [0, 0.05) is 101 Å². The zero-order valence-electron chi connectivity index (χ0n) is 56.8. The van der Waals surface area contributed by atoms with Crippen LogP contribution in [-0.4, -0.2) is 128 Å². The fourth-order valence-corrected chi connectivity index (χ4v) is 8.07. The minimum Gasteiger partial charge on any atom is -0.542 e. The number of halogens is 12. The van der Waals surface area contributed by atoms with Crippen LogP contribution in [0.2, 0.25) is 36.3 Å². The number of ether oxygens (including phenoxy) is 3. The summed E-state index contributed by atoms with van der Waals surface area (Å²) in [4.78, 5) is 23.0. The maximum Gasteiger partial charge on any atom is 0.461 e. The number of ketones is 1. The van der Waals surface area contributed by atoms with E-state index in [1.54, 1.807) is 69.2 Å². The van der Waals surface area contributed by atoms with E-state index in [-0.39, 0.29) is 103 Å². The minimum atomic E-state index is -4.88. The van der Waals surface area contributed by atoms with Gasteiger partial charge in [0.2, 0.25) is 5.91 Å². The first kappa shape index (κ1) is 94.5. The first-order valence-electron chi connectivity index (χ1n) is 28.9. The van der Waals surface area contributed by atoms with Crippen molar-refractivity contribution in [3.63, 3.8) is 0 Å². The first-order chi connectivity index (χ1) is 41.8. The molecule has 1 fully saturated rings. The number of aliphatic hydroxyl groups is 4. The molecule has 6 N–H and O–H groups in total. The van der Waals surface area contributed by atoms with E-state index < -0.39 is 104 Å². The van der Waals surface area contributed by atoms with Crippen molar-refractivity contribution < 1.29 is 132 Å². The number of hydrogen-bond donors (Lipinski definition) is 5. The van der Waals surface area contributed by atoms with Crippen LogP contribution in [0, 0.1) is 28.7 Å². The molecule has 1 saturated heterocycles. The summed E-state index contributed by atoms with van der Waals surface area (Å²) in [5, 5.41) is 29.7. The Morgan fingerprint density at radius 2 is 0.871 bits per heavy atom. The van der Waals surface area contributed by atoms with Gasteiger partial charge in [-0.3, -0.25) is 9.59 Å². The third-order valence-corrected chi connectivity index (χ3v) is 22.4. The van der Waals surface area contributed by atoms with Gasteiger partial charge < -0.3 is 49.2 Å². The average Bonchev–Trinajstić information content (AvgIpc) is 0.928. The molecule has 1 heterocycles. The Morgan fingerprint density at radius 1 is 0.559 bits per heavy atom. The van der Waals surface area contributed by atoms with Gasteiger partial charge in [-0.05, 0) is 158 Å². The van der Waals surface area contributed by atoms with E-state index >= 15 is 0 Å². The number of nitrogens with two attached hydrogens (primary N) is 1.